The summed E-state index contributed by atoms with van der Waals surface area (Å²) in [6.07, 6.45) is 1.09. The van der Waals surface area contributed by atoms with Gasteiger partial charge < -0.3 is 15.4 Å². The van der Waals surface area contributed by atoms with Crippen LogP contribution >= 0.6 is 0 Å². The molecule has 1 unspecified atom stereocenters. The van der Waals surface area contributed by atoms with Gasteiger partial charge in [0, 0.05) is 44.5 Å². The van der Waals surface area contributed by atoms with Crippen molar-refractivity contribution in [2.75, 3.05) is 44.3 Å². The fourth-order valence-corrected chi connectivity index (χ4v) is 3.62. The van der Waals surface area contributed by atoms with Crippen LogP contribution in [0.2, 0.25) is 0 Å². The Morgan fingerprint density at radius 3 is 2.64 bits per heavy atom. The summed E-state index contributed by atoms with van der Waals surface area (Å²) >= 11 is 0. The molecular formula is C18H29N3O. The Morgan fingerprint density at radius 1 is 1.18 bits per heavy atom. The number of nitrogens with two attached hydrogens (primary N) is 1. The Bertz CT molecular complexity index is 497. The maximum atomic E-state index is 6.27. The molecule has 22 heavy (non-hydrogen) atoms. The molecule has 2 aliphatic rings. The molecule has 1 aromatic carbocycles. The first-order chi connectivity index (χ1) is 10.6. The van der Waals surface area contributed by atoms with Crippen molar-refractivity contribution in [3.8, 4) is 0 Å². The van der Waals surface area contributed by atoms with Crippen molar-refractivity contribution in [3.63, 3.8) is 0 Å². The third-order valence-corrected chi connectivity index (χ3v) is 5.13. The minimum Gasteiger partial charge on any atom is -0.378 e. The average Bonchev–Trinajstić information content (AvgIpc) is 2.52. The minimum absolute atomic E-state index is 0.201. The summed E-state index contributed by atoms with van der Waals surface area (Å²) in [4.78, 5) is 5.02. The van der Waals surface area contributed by atoms with Gasteiger partial charge in [-0.15, -0.1) is 0 Å². The predicted octanol–water partition coefficient (Wildman–Crippen LogP) is 2.08. The zero-order chi connectivity index (χ0) is 15.6. The lowest BCUT2D eigenvalue weighted by molar-refractivity contribution is 0.0897. The third-order valence-electron chi connectivity index (χ3n) is 5.13. The van der Waals surface area contributed by atoms with E-state index in [0.29, 0.717) is 6.04 Å². The molecule has 2 fully saturated rings. The van der Waals surface area contributed by atoms with Gasteiger partial charge in [0.2, 0.25) is 0 Å². The summed E-state index contributed by atoms with van der Waals surface area (Å²) in [6, 6.07) is 9.14. The number of morpholine rings is 1. The van der Waals surface area contributed by atoms with Gasteiger partial charge in [-0.1, -0.05) is 32.0 Å². The van der Waals surface area contributed by atoms with Crippen LogP contribution < -0.4 is 10.6 Å². The van der Waals surface area contributed by atoms with Gasteiger partial charge in [-0.3, -0.25) is 4.90 Å². The first kappa shape index (κ1) is 15.8. The Hall–Kier alpha value is -1.10. The van der Waals surface area contributed by atoms with Crippen LogP contribution in [0.25, 0.3) is 0 Å². The molecule has 2 saturated heterocycles. The number of benzene rings is 1. The smallest absolute Gasteiger partial charge is 0.0642 e. The van der Waals surface area contributed by atoms with Crippen LogP contribution in [0.15, 0.2) is 24.3 Å². The molecule has 1 aromatic rings. The molecule has 122 valence electrons. The Balaban J connectivity index is 1.72. The van der Waals surface area contributed by atoms with E-state index < -0.39 is 0 Å². The zero-order valence-electron chi connectivity index (χ0n) is 13.9. The van der Waals surface area contributed by atoms with Crippen LogP contribution in [-0.2, 0) is 11.3 Å². The minimum atomic E-state index is 0.201. The molecule has 0 amide bonds. The molecule has 0 saturated carbocycles. The molecule has 2 N–H and O–H groups in total. The highest BCUT2D eigenvalue weighted by molar-refractivity contribution is 5.54. The van der Waals surface area contributed by atoms with E-state index in [4.69, 9.17) is 10.5 Å². The van der Waals surface area contributed by atoms with Crippen molar-refractivity contribution in [2.24, 2.45) is 11.1 Å². The molecule has 2 aliphatic heterocycles. The fraction of sp³-hybridized carbons (Fsp3) is 0.667. The van der Waals surface area contributed by atoms with Crippen LogP contribution in [0.5, 0.6) is 0 Å². The van der Waals surface area contributed by atoms with Gasteiger partial charge in [0.1, 0.15) is 0 Å². The number of anilines is 1. The zero-order valence-corrected chi connectivity index (χ0v) is 13.9. The van der Waals surface area contributed by atoms with Gasteiger partial charge in [0.05, 0.1) is 13.2 Å². The van der Waals surface area contributed by atoms with Crippen molar-refractivity contribution in [3.05, 3.63) is 29.8 Å². The summed E-state index contributed by atoms with van der Waals surface area (Å²) < 4.78 is 5.48. The molecule has 2 heterocycles. The second-order valence-corrected chi connectivity index (χ2v) is 7.32. The number of hydrogen-bond donors (Lipinski definition) is 1. The van der Waals surface area contributed by atoms with Crippen LogP contribution in [0, 0.1) is 5.41 Å². The van der Waals surface area contributed by atoms with Gasteiger partial charge in [0.15, 0.2) is 0 Å². The maximum absolute atomic E-state index is 6.27. The van der Waals surface area contributed by atoms with Gasteiger partial charge >= 0.3 is 0 Å². The Labute approximate surface area is 134 Å². The Kier molecular flexibility index (Phi) is 4.71. The van der Waals surface area contributed by atoms with E-state index in [2.05, 4.69) is 47.9 Å². The van der Waals surface area contributed by atoms with Crippen molar-refractivity contribution < 1.29 is 4.74 Å². The van der Waals surface area contributed by atoms with E-state index >= 15 is 0 Å². The standard InChI is InChI=1S/C18H29N3O/c1-18(2)14-20(8-7-17(18)19)13-15-5-3-4-6-16(15)21-9-11-22-12-10-21/h3-6,17H,7-14,19H2,1-2H3. The van der Waals surface area contributed by atoms with Gasteiger partial charge in [-0.25, -0.2) is 0 Å². The molecule has 0 aromatic heterocycles. The molecule has 4 heteroatoms. The number of para-hydroxylation sites is 1. The predicted molar refractivity (Wildman–Crippen MR) is 91.1 cm³/mol. The number of piperidine rings is 1. The summed E-state index contributed by atoms with van der Waals surface area (Å²) in [7, 11) is 0. The molecule has 0 radical (unpaired) electrons. The molecular weight excluding hydrogens is 274 g/mol. The van der Waals surface area contributed by atoms with E-state index in [0.717, 1.165) is 52.4 Å². The van der Waals surface area contributed by atoms with E-state index in [1.165, 1.54) is 11.3 Å². The first-order valence-electron chi connectivity index (χ1n) is 8.45. The summed E-state index contributed by atoms with van der Waals surface area (Å²) in [5.41, 5.74) is 9.27. The molecule has 0 bridgehead atoms. The fourth-order valence-electron chi connectivity index (χ4n) is 3.62. The summed E-state index contributed by atoms with van der Waals surface area (Å²) in [5, 5.41) is 0. The van der Waals surface area contributed by atoms with Crippen LogP contribution in [0.4, 0.5) is 5.69 Å². The van der Waals surface area contributed by atoms with Crippen LogP contribution in [0.3, 0.4) is 0 Å². The van der Waals surface area contributed by atoms with Crippen molar-refractivity contribution >= 4 is 5.69 Å². The lowest BCUT2D eigenvalue weighted by atomic mass is 9.79. The second kappa shape index (κ2) is 6.57. The number of likely N-dealkylation sites (tertiary alicyclic amines) is 1. The lowest BCUT2D eigenvalue weighted by Crippen LogP contribution is -2.52. The number of rotatable bonds is 3. The average molecular weight is 303 g/mol. The first-order valence-corrected chi connectivity index (χ1v) is 8.45. The highest BCUT2D eigenvalue weighted by Crippen LogP contribution is 2.30. The van der Waals surface area contributed by atoms with E-state index in [1.54, 1.807) is 0 Å². The normalized spacial score (nSPS) is 26.1. The number of hydrogen-bond acceptors (Lipinski definition) is 4. The molecule has 1 atom stereocenters. The van der Waals surface area contributed by atoms with Crippen molar-refractivity contribution in [2.45, 2.75) is 32.9 Å². The third kappa shape index (κ3) is 3.45. The largest absolute Gasteiger partial charge is 0.378 e. The SMILES string of the molecule is CC1(C)CN(Cc2ccccc2N2CCOCC2)CCC1N. The van der Waals surface area contributed by atoms with E-state index in [1.807, 2.05) is 0 Å². The number of nitrogens with zero attached hydrogens (tertiary/aromatic N) is 2. The highest BCUT2D eigenvalue weighted by atomic mass is 16.5. The van der Waals surface area contributed by atoms with Gasteiger partial charge in [-0.05, 0) is 23.5 Å². The summed E-state index contributed by atoms with van der Waals surface area (Å²) in [5.74, 6) is 0. The molecule has 4 nitrogen and oxygen atoms in total. The summed E-state index contributed by atoms with van der Waals surface area (Å²) in [6.45, 7) is 11.4. The van der Waals surface area contributed by atoms with Crippen LogP contribution in [-0.4, -0.2) is 50.3 Å². The molecule has 0 aliphatic carbocycles. The molecule has 3 rings (SSSR count). The maximum Gasteiger partial charge on any atom is 0.0642 e. The topological polar surface area (TPSA) is 41.7 Å². The van der Waals surface area contributed by atoms with Gasteiger partial charge in [0.25, 0.3) is 0 Å². The van der Waals surface area contributed by atoms with Crippen LogP contribution in [0.1, 0.15) is 25.8 Å². The second-order valence-electron chi connectivity index (χ2n) is 7.32. The quantitative estimate of drug-likeness (QED) is 0.928. The monoisotopic (exact) mass is 303 g/mol. The van der Waals surface area contributed by atoms with E-state index in [-0.39, 0.29) is 5.41 Å². The van der Waals surface area contributed by atoms with Crippen molar-refractivity contribution in [1.82, 2.24) is 4.90 Å². The molecule has 0 spiro atoms. The van der Waals surface area contributed by atoms with Crippen molar-refractivity contribution in [1.29, 1.82) is 0 Å². The lowest BCUT2D eigenvalue weighted by Gasteiger charge is -2.43. The highest BCUT2D eigenvalue weighted by Gasteiger charge is 2.33. The Morgan fingerprint density at radius 2 is 1.91 bits per heavy atom. The van der Waals surface area contributed by atoms with Gasteiger partial charge in [-0.2, -0.15) is 0 Å². The number of ether oxygens (including phenoxy) is 1. The van der Waals surface area contributed by atoms with E-state index in [9.17, 15) is 0 Å².